The van der Waals surface area contributed by atoms with Gasteiger partial charge in [-0.05, 0) is 36.2 Å². The fourth-order valence-electron chi connectivity index (χ4n) is 4.83. The van der Waals surface area contributed by atoms with Crippen molar-refractivity contribution in [1.29, 1.82) is 0 Å². The molecule has 1 saturated heterocycles. The minimum absolute atomic E-state index is 0.0878. The van der Waals surface area contributed by atoms with Crippen LogP contribution < -0.4 is 19.7 Å². The highest BCUT2D eigenvalue weighted by atomic mass is 16.6. The van der Waals surface area contributed by atoms with Crippen LogP contribution in [0.25, 0.3) is 11.0 Å². The first-order chi connectivity index (χ1) is 17.6. The molecule has 3 aromatic carbocycles. The molecule has 1 fully saturated rings. The average Bonchev–Trinajstić information content (AvgIpc) is 3.52. The largest absolute Gasteiger partial charge is 0.486 e. The van der Waals surface area contributed by atoms with Gasteiger partial charge in [0.2, 0.25) is 11.8 Å². The quantitative estimate of drug-likeness (QED) is 0.436. The summed E-state index contributed by atoms with van der Waals surface area (Å²) in [6.07, 6.45) is 0.734. The summed E-state index contributed by atoms with van der Waals surface area (Å²) in [5, 5.41) is 3.17. The Morgan fingerprint density at radius 2 is 1.81 bits per heavy atom. The van der Waals surface area contributed by atoms with Gasteiger partial charge in [-0.15, -0.1) is 0 Å². The number of ether oxygens (including phenoxy) is 2. The Morgan fingerprint density at radius 3 is 2.64 bits per heavy atom. The molecule has 0 bridgehead atoms. The number of aromatic amines is 1. The molecule has 2 aliphatic heterocycles. The summed E-state index contributed by atoms with van der Waals surface area (Å²) in [6.45, 7) is 1.29. The zero-order valence-electron chi connectivity index (χ0n) is 19.6. The van der Waals surface area contributed by atoms with Crippen LogP contribution in [0.5, 0.6) is 11.5 Å². The monoisotopic (exact) mass is 482 g/mol. The predicted octanol–water partition coefficient (Wildman–Crippen LogP) is 3.79. The number of aromatic nitrogens is 2. The van der Waals surface area contributed by atoms with Gasteiger partial charge in [-0.25, -0.2) is 4.98 Å². The molecule has 8 heteroatoms. The highest BCUT2D eigenvalue weighted by Crippen LogP contribution is 2.36. The number of carbonyl (C=O) groups excluding carboxylic acids is 2. The Kier molecular flexibility index (Phi) is 5.77. The first kappa shape index (κ1) is 22.2. The number of nitrogens with zero attached hydrogens (tertiary/aromatic N) is 2. The first-order valence-electron chi connectivity index (χ1n) is 12.1. The van der Waals surface area contributed by atoms with Gasteiger partial charge in [0.1, 0.15) is 19.0 Å². The lowest BCUT2D eigenvalue weighted by Gasteiger charge is -2.22. The normalized spacial score (nSPS) is 17.8. The van der Waals surface area contributed by atoms with Gasteiger partial charge in [-0.2, -0.15) is 0 Å². The van der Waals surface area contributed by atoms with Gasteiger partial charge in [0, 0.05) is 24.7 Å². The van der Waals surface area contributed by atoms with E-state index in [9.17, 15) is 9.59 Å². The molecule has 0 saturated carbocycles. The Labute approximate surface area is 208 Å². The van der Waals surface area contributed by atoms with E-state index in [-0.39, 0.29) is 24.3 Å². The number of rotatable bonds is 6. The number of nitrogens with one attached hydrogen (secondary N) is 2. The molecule has 4 aromatic rings. The predicted molar refractivity (Wildman–Crippen MR) is 135 cm³/mol. The van der Waals surface area contributed by atoms with Crippen molar-refractivity contribution in [3.63, 3.8) is 0 Å². The molecule has 0 radical (unpaired) electrons. The van der Waals surface area contributed by atoms with Crippen molar-refractivity contribution in [1.82, 2.24) is 15.3 Å². The third-order valence-electron chi connectivity index (χ3n) is 6.67. The maximum Gasteiger partial charge on any atom is 0.227 e. The number of imidazole rings is 1. The Balaban J connectivity index is 1.21. The van der Waals surface area contributed by atoms with Gasteiger partial charge in [0.15, 0.2) is 11.5 Å². The van der Waals surface area contributed by atoms with Crippen molar-refractivity contribution in [2.45, 2.75) is 18.9 Å². The van der Waals surface area contributed by atoms with E-state index in [0.717, 1.165) is 16.6 Å². The fourth-order valence-corrected chi connectivity index (χ4v) is 4.83. The number of hydrogen-bond donors (Lipinski definition) is 2. The van der Waals surface area contributed by atoms with Crippen LogP contribution in [0.4, 0.5) is 5.69 Å². The average molecular weight is 483 g/mol. The number of amides is 2. The number of H-pyrrole nitrogens is 1. The summed E-state index contributed by atoms with van der Waals surface area (Å²) in [5.74, 6) is 1.27. The van der Waals surface area contributed by atoms with Crippen LogP contribution >= 0.6 is 0 Å². The van der Waals surface area contributed by atoms with Crippen LogP contribution in [0, 0.1) is 5.92 Å². The summed E-state index contributed by atoms with van der Waals surface area (Å²) in [6, 6.07) is 22.9. The molecule has 2 N–H and O–H groups in total. The summed E-state index contributed by atoms with van der Waals surface area (Å²) < 4.78 is 11.2. The summed E-state index contributed by atoms with van der Waals surface area (Å²) in [5.41, 5.74) is 3.56. The Bertz CT molecular complexity index is 1380. The van der Waals surface area contributed by atoms with Gasteiger partial charge < -0.3 is 24.7 Å². The Hall–Kier alpha value is -4.33. The van der Waals surface area contributed by atoms with Crippen LogP contribution in [0.2, 0.25) is 0 Å². The van der Waals surface area contributed by atoms with E-state index in [1.54, 1.807) is 11.0 Å². The molecule has 2 amide bonds. The van der Waals surface area contributed by atoms with E-state index in [1.165, 1.54) is 0 Å². The molecule has 182 valence electrons. The van der Waals surface area contributed by atoms with Crippen LogP contribution in [-0.4, -0.2) is 41.5 Å². The van der Waals surface area contributed by atoms with Gasteiger partial charge in [0.05, 0.1) is 23.0 Å². The van der Waals surface area contributed by atoms with E-state index < -0.39 is 5.92 Å². The second-order valence-electron chi connectivity index (χ2n) is 9.12. The number of carbonyl (C=O) groups is 2. The lowest BCUT2D eigenvalue weighted by Crippen LogP contribution is -2.37. The van der Waals surface area contributed by atoms with Crippen molar-refractivity contribution in [3.8, 4) is 11.5 Å². The third kappa shape index (κ3) is 4.37. The first-order valence-corrected chi connectivity index (χ1v) is 12.1. The number of anilines is 1. The molecule has 2 aliphatic rings. The van der Waals surface area contributed by atoms with E-state index in [4.69, 9.17) is 14.5 Å². The maximum atomic E-state index is 13.4. The molecular weight excluding hydrogens is 456 g/mol. The van der Waals surface area contributed by atoms with Crippen molar-refractivity contribution < 1.29 is 19.1 Å². The number of benzene rings is 3. The number of hydrogen-bond acceptors (Lipinski definition) is 5. The van der Waals surface area contributed by atoms with Gasteiger partial charge >= 0.3 is 0 Å². The fraction of sp³-hybridized carbons (Fsp3) is 0.250. The summed E-state index contributed by atoms with van der Waals surface area (Å²) >= 11 is 0. The highest BCUT2D eigenvalue weighted by molar-refractivity contribution is 6.00. The van der Waals surface area contributed by atoms with Crippen molar-refractivity contribution in [3.05, 3.63) is 84.2 Å². The smallest absolute Gasteiger partial charge is 0.227 e. The minimum atomic E-state index is -0.464. The van der Waals surface area contributed by atoms with E-state index in [1.807, 2.05) is 66.7 Å². The number of fused-ring (bicyclic) bond motifs is 2. The third-order valence-corrected chi connectivity index (χ3v) is 6.67. The van der Waals surface area contributed by atoms with Crippen LogP contribution in [0.3, 0.4) is 0 Å². The Morgan fingerprint density at radius 1 is 1.03 bits per heavy atom. The van der Waals surface area contributed by atoms with Crippen molar-refractivity contribution in [2.75, 3.05) is 24.7 Å². The molecule has 1 unspecified atom stereocenters. The topological polar surface area (TPSA) is 96.5 Å². The lowest BCUT2D eigenvalue weighted by atomic mass is 10.0. The molecule has 2 atom stereocenters. The SMILES string of the molecule is O=C(N[C@@H](Cc1ccccc1)c1nc2ccccc2[nH]1)C1CC(=O)N(c2ccc3c(c2)OCCO3)C1. The van der Waals surface area contributed by atoms with E-state index in [2.05, 4.69) is 10.3 Å². The molecule has 3 heterocycles. The summed E-state index contributed by atoms with van der Waals surface area (Å²) in [7, 11) is 0. The second-order valence-corrected chi connectivity index (χ2v) is 9.12. The zero-order chi connectivity index (χ0) is 24.5. The van der Waals surface area contributed by atoms with Gasteiger partial charge in [0.25, 0.3) is 0 Å². The summed E-state index contributed by atoms with van der Waals surface area (Å²) in [4.78, 5) is 36.0. The minimum Gasteiger partial charge on any atom is -0.486 e. The molecule has 1 aromatic heterocycles. The van der Waals surface area contributed by atoms with E-state index >= 15 is 0 Å². The second kappa shape index (κ2) is 9.37. The van der Waals surface area contributed by atoms with Crippen molar-refractivity contribution >= 4 is 28.5 Å². The lowest BCUT2D eigenvalue weighted by molar-refractivity contribution is -0.127. The number of para-hydroxylation sites is 2. The molecular formula is C28H26N4O4. The van der Waals surface area contributed by atoms with Gasteiger partial charge in [-0.3, -0.25) is 9.59 Å². The van der Waals surface area contributed by atoms with Crippen LogP contribution in [0.15, 0.2) is 72.8 Å². The van der Waals surface area contributed by atoms with Crippen molar-refractivity contribution in [2.24, 2.45) is 5.92 Å². The molecule has 6 rings (SSSR count). The van der Waals surface area contributed by atoms with E-state index in [0.29, 0.717) is 49.2 Å². The standard InChI is InChI=1S/C28H26N4O4/c33-26-15-19(17-32(26)20-10-11-24-25(16-20)36-13-12-35-24)28(34)31-23(14-18-6-2-1-3-7-18)27-29-21-8-4-5-9-22(21)30-27/h1-11,16,19,23H,12-15,17H2,(H,29,30)(H,31,34)/t19?,23-/m0/s1. The molecule has 36 heavy (non-hydrogen) atoms. The molecule has 8 nitrogen and oxygen atoms in total. The maximum absolute atomic E-state index is 13.4. The van der Waals surface area contributed by atoms with Gasteiger partial charge in [-0.1, -0.05) is 42.5 Å². The van der Waals surface area contributed by atoms with Crippen LogP contribution in [0.1, 0.15) is 23.9 Å². The van der Waals surface area contributed by atoms with Crippen LogP contribution in [-0.2, 0) is 16.0 Å². The molecule has 0 spiro atoms. The highest BCUT2D eigenvalue weighted by Gasteiger charge is 2.36. The molecule has 0 aliphatic carbocycles. The zero-order valence-corrected chi connectivity index (χ0v) is 19.6.